The largest absolute Gasteiger partial charge is 0.375 e. The molecule has 0 spiro atoms. The zero-order valence-electron chi connectivity index (χ0n) is 14.4. The molecule has 1 aliphatic rings. The van der Waals surface area contributed by atoms with Gasteiger partial charge in [-0.05, 0) is 26.7 Å². The van der Waals surface area contributed by atoms with Crippen LogP contribution in [0.15, 0.2) is 5.11 Å². The maximum absolute atomic E-state index is 12.7. The van der Waals surface area contributed by atoms with Crippen molar-refractivity contribution in [2.45, 2.75) is 52.6 Å². The van der Waals surface area contributed by atoms with Crippen LogP contribution in [0.2, 0.25) is 0 Å². The van der Waals surface area contributed by atoms with E-state index in [0.29, 0.717) is 30.3 Å². The Hall–Kier alpha value is -0.820. The van der Waals surface area contributed by atoms with Crippen molar-refractivity contribution in [3.8, 4) is 0 Å². The molecular weight excluding hydrogens is 332 g/mol. The maximum Gasteiger partial charge on any atom is 0.233 e. The van der Waals surface area contributed by atoms with Gasteiger partial charge >= 0.3 is 0 Å². The Morgan fingerprint density at radius 3 is 2.74 bits per heavy atom. The molecule has 0 aromatic rings. The highest BCUT2D eigenvalue weighted by molar-refractivity contribution is 8.23. The Kier molecular flexibility index (Phi) is 7.80. The molecule has 0 saturated carbocycles. The third-order valence-electron chi connectivity index (χ3n) is 3.90. The molecule has 0 aromatic heterocycles. The fourth-order valence-corrected chi connectivity index (χ4v) is 3.43. The van der Waals surface area contributed by atoms with Crippen molar-refractivity contribution in [1.82, 2.24) is 9.81 Å². The summed E-state index contributed by atoms with van der Waals surface area (Å²) in [7, 11) is 0. The van der Waals surface area contributed by atoms with Crippen LogP contribution < -0.4 is 4.91 Å². The minimum Gasteiger partial charge on any atom is -0.375 e. The number of thiocarbonyl (C=S) groups is 1. The smallest absolute Gasteiger partial charge is 0.233 e. The number of thioether (sulfide) groups is 1. The molecule has 23 heavy (non-hydrogen) atoms. The van der Waals surface area contributed by atoms with Gasteiger partial charge in [0.1, 0.15) is 21.5 Å². The normalized spacial score (nSPS) is 16.2. The van der Waals surface area contributed by atoms with E-state index >= 15 is 0 Å². The molecule has 1 rings (SSSR count). The first kappa shape index (κ1) is 20.2. The second-order valence-electron chi connectivity index (χ2n) is 6.88. The summed E-state index contributed by atoms with van der Waals surface area (Å²) in [6.45, 7) is 9.55. The molecule has 0 unspecified atom stereocenters. The van der Waals surface area contributed by atoms with E-state index in [4.69, 9.17) is 22.5 Å². The Morgan fingerprint density at radius 1 is 1.43 bits per heavy atom. The lowest BCUT2D eigenvalue weighted by atomic mass is 9.88. The standard InChI is InChI=1S/C15H27N4O2S2/c1-14(2,12(20)19-9-5-11-23-13(19)22)7-10-21-15(3,4)6-8-17-18-16/h16H,5-11H2,1-4H3/q+1. The van der Waals surface area contributed by atoms with Crippen LogP contribution in [0.25, 0.3) is 0 Å². The molecule has 0 atom stereocenters. The minimum atomic E-state index is -0.501. The number of rotatable bonds is 8. The predicted octanol–water partition coefficient (Wildman–Crippen LogP) is 3.39. The van der Waals surface area contributed by atoms with E-state index in [-0.39, 0.29) is 11.5 Å². The van der Waals surface area contributed by atoms with E-state index in [0.717, 1.165) is 18.7 Å². The number of nitrogens with zero attached hydrogens (tertiary/aromatic N) is 3. The molecular formula is C15H27N4O2S2+. The molecule has 8 heteroatoms. The molecule has 0 aromatic carbocycles. The molecule has 0 radical (unpaired) electrons. The minimum absolute atomic E-state index is 0.0825. The van der Waals surface area contributed by atoms with Crippen LogP contribution in [-0.4, -0.2) is 46.2 Å². The average Bonchev–Trinajstić information content (AvgIpc) is 2.46. The number of hydrogen-bond acceptors (Lipinski definition) is 6. The second-order valence-corrected chi connectivity index (χ2v) is 8.61. The van der Waals surface area contributed by atoms with Gasteiger partial charge in [0.2, 0.25) is 10.8 Å². The number of hydrogen-bond donors (Lipinski definition) is 1. The quantitative estimate of drug-likeness (QED) is 0.409. The Labute approximate surface area is 147 Å². The van der Waals surface area contributed by atoms with Crippen molar-refractivity contribution in [2.75, 3.05) is 25.4 Å². The molecule has 1 saturated heterocycles. The van der Waals surface area contributed by atoms with Gasteiger partial charge in [-0.2, -0.15) is 0 Å². The predicted molar refractivity (Wildman–Crippen MR) is 96.6 cm³/mol. The van der Waals surface area contributed by atoms with Gasteiger partial charge in [0.15, 0.2) is 0 Å². The highest BCUT2D eigenvalue weighted by Gasteiger charge is 2.35. The van der Waals surface area contributed by atoms with Gasteiger partial charge in [0.25, 0.3) is 0 Å². The third kappa shape index (κ3) is 6.67. The zero-order valence-corrected chi connectivity index (χ0v) is 16.1. The van der Waals surface area contributed by atoms with E-state index in [1.165, 1.54) is 0 Å². The van der Waals surface area contributed by atoms with E-state index in [9.17, 15) is 4.79 Å². The summed E-state index contributed by atoms with van der Waals surface area (Å²) in [5.41, 5.74) is 5.81. The van der Waals surface area contributed by atoms with Crippen molar-refractivity contribution < 1.29 is 9.53 Å². The number of carbonyl (C=O) groups is 1. The SMILES string of the molecule is CC(C)(CCN=[N+]=N)OCCC(C)(C)C(=O)N1CCCSC1=S. The molecule has 1 heterocycles. The highest BCUT2D eigenvalue weighted by Crippen LogP contribution is 2.29. The van der Waals surface area contributed by atoms with E-state index < -0.39 is 5.41 Å². The van der Waals surface area contributed by atoms with Crippen molar-refractivity contribution in [3.63, 3.8) is 0 Å². The van der Waals surface area contributed by atoms with Gasteiger partial charge in [0.05, 0.1) is 5.60 Å². The number of nitrogens with one attached hydrogen (secondary N) is 1. The number of ether oxygens (including phenoxy) is 1. The second kappa shape index (κ2) is 8.87. The van der Waals surface area contributed by atoms with Gasteiger partial charge in [-0.1, -0.05) is 37.8 Å². The molecule has 1 aliphatic heterocycles. The van der Waals surface area contributed by atoms with E-state index in [2.05, 4.69) is 10.0 Å². The van der Waals surface area contributed by atoms with Gasteiger partial charge < -0.3 is 4.74 Å². The van der Waals surface area contributed by atoms with Crippen LogP contribution in [-0.2, 0) is 9.53 Å². The summed E-state index contributed by atoms with van der Waals surface area (Å²) in [4.78, 5) is 17.5. The molecule has 1 fully saturated rings. The number of amides is 1. The van der Waals surface area contributed by atoms with Crippen LogP contribution in [0.4, 0.5) is 0 Å². The Morgan fingerprint density at radius 2 is 2.13 bits per heavy atom. The molecule has 6 nitrogen and oxygen atoms in total. The molecule has 1 amide bonds. The lowest BCUT2D eigenvalue weighted by Crippen LogP contribution is -2.46. The van der Waals surface area contributed by atoms with Crippen molar-refractivity contribution in [2.24, 2.45) is 10.5 Å². The van der Waals surface area contributed by atoms with Gasteiger partial charge in [0, 0.05) is 30.7 Å². The molecule has 0 aliphatic carbocycles. The van der Waals surface area contributed by atoms with Crippen LogP contribution in [0.5, 0.6) is 0 Å². The van der Waals surface area contributed by atoms with Gasteiger partial charge in [-0.3, -0.25) is 9.69 Å². The van der Waals surface area contributed by atoms with Gasteiger partial charge in [-0.15, -0.1) is 0 Å². The van der Waals surface area contributed by atoms with E-state index in [1.54, 1.807) is 16.7 Å². The fraction of sp³-hybridized carbons (Fsp3) is 0.867. The van der Waals surface area contributed by atoms with Crippen LogP contribution >= 0.6 is 24.0 Å². The Balaban J connectivity index is 2.49. The van der Waals surface area contributed by atoms with Crippen LogP contribution in [0, 0.1) is 10.9 Å². The first-order chi connectivity index (χ1) is 10.7. The number of carbonyl (C=O) groups excluding carboxylic acids is 1. The lowest BCUT2D eigenvalue weighted by Gasteiger charge is -2.35. The van der Waals surface area contributed by atoms with Crippen LogP contribution in [0.1, 0.15) is 47.0 Å². The summed E-state index contributed by atoms with van der Waals surface area (Å²) < 4.78 is 6.60. The fourth-order valence-electron chi connectivity index (χ4n) is 2.23. The first-order valence-corrected chi connectivity index (χ1v) is 9.25. The summed E-state index contributed by atoms with van der Waals surface area (Å²) in [6.07, 6.45) is 2.32. The van der Waals surface area contributed by atoms with Gasteiger partial charge in [-0.25, -0.2) is 0 Å². The van der Waals surface area contributed by atoms with Crippen molar-refractivity contribution in [3.05, 3.63) is 0 Å². The zero-order chi connectivity index (χ0) is 17.5. The summed E-state index contributed by atoms with van der Waals surface area (Å²) in [5.74, 6) is 1.08. The third-order valence-corrected chi connectivity index (χ3v) is 5.43. The van der Waals surface area contributed by atoms with Crippen molar-refractivity contribution >= 4 is 34.2 Å². The topological polar surface area (TPSA) is 79.9 Å². The summed E-state index contributed by atoms with van der Waals surface area (Å²) in [5, 5.41) is 3.65. The van der Waals surface area contributed by atoms with Crippen LogP contribution in [0.3, 0.4) is 0 Å². The maximum atomic E-state index is 12.7. The van der Waals surface area contributed by atoms with Crippen molar-refractivity contribution in [1.29, 1.82) is 5.53 Å². The average molecular weight is 360 g/mol. The summed E-state index contributed by atoms with van der Waals surface area (Å²) >= 11 is 6.89. The first-order valence-electron chi connectivity index (χ1n) is 7.85. The lowest BCUT2D eigenvalue weighted by molar-refractivity contribution is -0.138. The monoisotopic (exact) mass is 359 g/mol. The molecule has 1 N–H and O–H groups in total. The molecule has 0 bridgehead atoms. The highest BCUT2D eigenvalue weighted by atomic mass is 32.2. The Bertz CT molecular complexity index is 488. The van der Waals surface area contributed by atoms with E-state index in [1.807, 2.05) is 27.7 Å². The molecule has 130 valence electrons. The summed E-state index contributed by atoms with van der Waals surface area (Å²) in [6, 6.07) is 0.